The Morgan fingerprint density at radius 1 is 1.11 bits per heavy atom. The van der Waals surface area contributed by atoms with Gasteiger partial charge in [-0.05, 0) is 6.07 Å². The molecule has 0 radical (unpaired) electrons. The Labute approximate surface area is 163 Å². The lowest BCUT2D eigenvalue weighted by molar-refractivity contribution is -0.136. The molecule has 2 fully saturated rings. The number of morpholine rings is 1. The zero-order valence-electron chi connectivity index (χ0n) is 15.4. The van der Waals surface area contributed by atoms with Gasteiger partial charge in [0.05, 0.1) is 43.1 Å². The minimum absolute atomic E-state index is 0.116. The normalized spacial score (nSPS) is 18.4. The third-order valence-corrected chi connectivity index (χ3v) is 5.26. The molecule has 2 aliphatic rings. The lowest BCUT2D eigenvalue weighted by Crippen LogP contribution is -2.52. The van der Waals surface area contributed by atoms with Gasteiger partial charge in [0.15, 0.2) is 0 Å². The van der Waals surface area contributed by atoms with Crippen LogP contribution in [0, 0.1) is 0 Å². The van der Waals surface area contributed by atoms with Crippen molar-refractivity contribution in [2.24, 2.45) is 0 Å². The summed E-state index contributed by atoms with van der Waals surface area (Å²) in [6.45, 7) is 5.24. The number of nitrogen functional groups attached to an aromatic ring is 1. The number of benzene rings is 1. The third kappa shape index (κ3) is 4.63. The van der Waals surface area contributed by atoms with Crippen molar-refractivity contribution in [3.63, 3.8) is 0 Å². The maximum Gasteiger partial charge on any atom is 0.257 e. The van der Waals surface area contributed by atoms with Crippen LogP contribution < -0.4 is 10.5 Å². The third-order valence-electron chi connectivity index (χ3n) is 4.93. The second kappa shape index (κ2) is 8.77. The number of nitrogens with zero attached hydrogens (tertiary/aromatic N) is 3. The highest BCUT2D eigenvalue weighted by Gasteiger charge is 2.27. The van der Waals surface area contributed by atoms with E-state index < -0.39 is 0 Å². The van der Waals surface area contributed by atoms with Crippen molar-refractivity contribution in [1.82, 2.24) is 14.7 Å². The van der Waals surface area contributed by atoms with Gasteiger partial charge in [-0.1, -0.05) is 11.6 Å². The van der Waals surface area contributed by atoms with Crippen molar-refractivity contribution in [3.05, 3.63) is 22.7 Å². The summed E-state index contributed by atoms with van der Waals surface area (Å²) in [5.41, 5.74) is 6.55. The fraction of sp³-hybridized carbons (Fsp3) is 0.556. The van der Waals surface area contributed by atoms with Crippen molar-refractivity contribution in [2.75, 3.05) is 71.9 Å². The molecule has 0 spiro atoms. The van der Waals surface area contributed by atoms with Gasteiger partial charge in [0.1, 0.15) is 5.75 Å². The second-order valence-corrected chi connectivity index (χ2v) is 7.04. The van der Waals surface area contributed by atoms with Crippen LogP contribution in [0.5, 0.6) is 5.75 Å². The SMILES string of the molecule is COc1cc(N)c(Cl)cc1C(=O)N1CCN(CC(=O)N2CCOCC2)CC1. The number of nitrogens with two attached hydrogens (primary N) is 1. The number of carbonyl (C=O) groups is 2. The number of hydrogen-bond acceptors (Lipinski definition) is 6. The quantitative estimate of drug-likeness (QED) is 0.748. The molecule has 1 aromatic carbocycles. The van der Waals surface area contributed by atoms with E-state index in [1.807, 2.05) is 4.90 Å². The molecule has 0 aliphatic carbocycles. The van der Waals surface area contributed by atoms with Gasteiger partial charge >= 0.3 is 0 Å². The van der Waals surface area contributed by atoms with Gasteiger partial charge in [-0.25, -0.2) is 0 Å². The van der Waals surface area contributed by atoms with Crippen molar-refractivity contribution in [1.29, 1.82) is 0 Å². The summed E-state index contributed by atoms with van der Waals surface area (Å²) in [5.74, 6) is 0.379. The average Bonchev–Trinajstić information content (AvgIpc) is 2.70. The molecular formula is C18H25ClN4O4. The summed E-state index contributed by atoms with van der Waals surface area (Å²) in [5, 5.41) is 0.328. The van der Waals surface area contributed by atoms with E-state index in [0.717, 1.165) is 0 Å². The summed E-state index contributed by atoms with van der Waals surface area (Å²) >= 11 is 6.07. The topological polar surface area (TPSA) is 88.3 Å². The summed E-state index contributed by atoms with van der Waals surface area (Å²) in [6.07, 6.45) is 0. The molecule has 2 aliphatic heterocycles. The Balaban J connectivity index is 1.56. The maximum atomic E-state index is 12.9. The number of rotatable bonds is 4. The van der Waals surface area contributed by atoms with Gasteiger partial charge in [0.25, 0.3) is 5.91 Å². The van der Waals surface area contributed by atoms with E-state index >= 15 is 0 Å². The van der Waals surface area contributed by atoms with E-state index in [1.54, 1.807) is 17.0 Å². The van der Waals surface area contributed by atoms with Gasteiger partial charge < -0.3 is 25.0 Å². The van der Waals surface area contributed by atoms with E-state index in [9.17, 15) is 9.59 Å². The van der Waals surface area contributed by atoms with Crippen LogP contribution in [0.2, 0.25) is 5.02 Å². The number of piperazine rings is 1. The van der Waals surface area contributed by atoms with Gasteiger partial charge in [-0.2, -0.15) is 0 Å². The second-order valence-electron chi connectivity index (χ2n) is 6.64. The van der Waals surface area contributed by atoms with Crippen molar-refractivity contribution in [3.8, 4) is 5.75 Å². The first-order chi connectivity index (χ1) is 13.0. The minimum Gasteiger partial charge on any atom is -0.496 e. The smallest absolute Gasteiger partial charge is 0.257 e. The van der Waals surface area contributed by atoms with Gasteiger partial charge in [0.2, 0.25) is 5.91 Å². The molecule has 3 rings (SSSR count). The highest BCUT2D eigenvalue weighted by molar-refractivity contribution is 6.33. The molecule has 2 amide bonds. The first-order valence-electron chi connectivity index (χ1n) is 8.99. The summed E-state index contributed by atoms with van der Waals surface area (Å²) < 4.78 is 10.6. The highest BCUT2D eigenvalue weighted by Crippen LogP contribution is 2.30. The number of anilines is 1. The molecule has 148 valence electrons. The van der Waals surface area contributed by atoms with E-state index in [0.29, 0.717) is 81.1 Å². The van der Waals surface area contributed by atoms with Crippen LogP contribution in [0.4, 0.5) is 5.69 Å². The summed E-state index contributed by atoms with van der Waals surface area (Å²) in [7, 11) is 1.49. The predicted octanol–water partition coefficient (Wildman–Crippen LogP) is 0.547. The Bertz CT molecular complexity index is 701. The first-order valence-corrected chi connectivity index (χ1v) is 9.37. The monoisotopic (exact) mass is 396 g/mol. The Morgan fingerprint density at radius 2 is 1.78 bits per heavy atom. The fourth-order valence-electron chi connectivity index (χ4n) is 3.29. The molecule has 2 saturated heterocycles. The number of carbonyl (C=O) groups excluding carboxylic acids is 2. The molecule has 2 N–H and O–H groups in total. The molecule has 0 atom stereocenters. The molecule has 1 aromatic rings. The molecule has 2 heterocycles. The van der Waals surface area contributed by atoms with Crippen LogP contribution in [-0.4, -0.2) is 92.7 Å². The van der Waals surface area contributed by atoms with Gasteiger partial charge in [0, 0.05) is 45.3 Å². The lowest BCUT2D eigenvalue weighted by Gasteiger charge is -2.36. The van der Waals surface area contributed by atoms with Crippen LogP contribution in [0.15, 0.2) is 12.1 Å². The number of ether oxygens (including phenoxy) is 2. The Hall–Kier alpha value is -2.03. The van der Waals surface area contributed by atoms with Crippen LogP contribution >= 0.6 is 11.6 Å². The van der Waals surface area contributed by atoms with E-state index in [1.165, 1.54) is 7.11 Å². The van der Waals surface area contributed by atoms with Crippen molar-refractivity contribution in [2.45, 2.75) is 0 Å². The fourth-order valence-corrected chi connectivity index (χ4v) is 3.45. The van der Waals surface area contributed by atoms with Crippen LogP contribution in [-0.2, 0) is 9.53 Å². The van der Waals surface area contributed by atoms with Gasteiger partial charge in [-0.3, -0.25) is 14.5 Å². The van der Waals surface area contributed by atoms with Crippen molar-refractivity contribution < 1.29 is 19.1 Å². The largest absolute Gasteiger partial charge is 0.496 e. The summed E-state index contributed by atoms with van der Waals surface area (Å²) in [6, 6.07) is 3.11. The molecule has 8 nitrogen and oxygen atoms in total. The molecule has 0 aromatic heterocycles. The van der Waals surface area contributed by atoms with E-state index in [4.69, 9.17) is 26.8 Å². The van der Waals surface area contributed by atoms with Crippen LogP contribution in [0.3, 0.4) is 0 Å². The number of halogens is 1. The Morgan fingerprint density at radius 3 is 2.41 bits per heavy atom. The molecular weight excluding hydrogens is 372 g/mol. The van der Waals surface area contributed by atoms with E-state index in [2.05, 4.69) is 4.90 Å². The molecule has 0 bridgehead atoms. The number of hydrogen-bond donors (Lipinski definition) is 1. The maximum absolute atomic E-state index is 12.9. The van der Waals surface area contributed by atoms with Crippen LogP contribution in [0.1, 0.15) is 10.4 Å². The zero-order chi connectivity index (χ0) is 19.4. The lowest BCUT2D eigenvalue weighted by atomic mass is 10.1. The van der Waals surface area contributed by atoms with Gasteiger partial charge in [-0.15, -0.1) is 0 Å². The van der Waals surface area contributed by atoms with Crippen molar-refractivity contribution >= 4 is 29.1 Å². The predicted molar refractivity (Wildman–Crippen MR) is 102 cm³/mol. The zero-order valence-corrected chi connectivity index (χ0v) is 16.2. The summed E-state index contributed by atoms with van der Waals surface area (Å²) in [4.78, 5) is 30.9. The standard InChI is InChI=1S/C18H25ClN4O4/c1-26-16-11-15(20)14(19)10-13(16)18(25)23-4-2-21(3-5-23)12-17(24)22-6-8-27-9-7-22/h10-11H,2-9,12,20H2,1H3. The Kier molecular flexibility index (Phi) is 6.41. The highest BCUT2D eigenvalue weighted by atomic mass is 35.5. The minimum atomic E-state index is -0.145. The number of methoxy groups -OCH3 is 1. The molecule has 0 unspecified atom stereocenters. The first kappa shape index (κ1) is 19.7. The average molecular weight is 397 g/mol. The van der Waals surface area contributed by atoms with E-state index in [-0.39, 0.29) is 11.8 Å². The molecule has 27 heavy (non-hydrogen) atoms. The number of amides is 2. The molecule has 9 heteroatoms. The van der Waals surface area contributed by atoms with Crippen LogP contribution in [0.25, 0.3) is 0 Å². The molecule has 0 saturated carbocycles.